The molecule has 0 aliphatic rings. The van der Waals surface area contributed by atoms with Gasteiger partial charge in [0.15, 0.2) is 0 Å². The van der Waals surface area contributed by atoms with Crippen molar-refractivity contribution in [2.75, 3.05) is 13.2 Å². The minimum Gasteiger partial charge on any atom is -0.477 e. The molecule has 1 heterocycles. The van der Waals surface area contributed by atoms with Crippen LogP contribution < -0.4 is 0 Å². The van der Waals surface area contributed by atoms with Crippen LogP contribution in [-0.4, -0.2) is 28.9 Å². The van der Waals surface area contributed by atoms with E-state index in [1.807, 2.05) is 0 Å². The molecule has 0 radical (unpaired) electrons. The van der Waals surface area contributed by atoms with Gasteiger partial charge in [0, 0.05) is 19.3 Å². The third-order valence-corrected chi connectivity index (χ3v) is 2.22. The Hall–Kier alpha value is -1.00. The molecule has 1 N–H and O–H groups in total. The van der Waals surface area contributed by atoms with Gasteiger partial charge in [-0.2, -0.15) is 0 Å². The summed E-state index contributed by atoms with van der Waals surface area (Å²) in [5.74, 6) is -0.497. The third kappa shape index (κ3) is 3.87. The van der Waals surface area contributed by atoms with E-state index in [0.29, 0.717) is 30.7 Å². The van der Waals surface area contributed by atoms with Gasteiger partial charge in [-0.05, 0) is 12.0 Å². The number of nitrogens with zero attached hydrogens (tertiary/aromatic N) is 1. The average molecular weight is 246 g/mol. The normalized spacial score (nSPS) is 11.0. The van der Waals surface area contributed by atoms with Crippen LogP contribution in [-0.2, 0) is 11.3 Å². The summed E-state index contributed by atoms with van der Waals surface area (Å²) < 4.78 is 6.97. The van der Waals surface area contributed by atoms with Gasteiger partial charge in [0.2, 0.25) is 0 Å². The molecule has 0 amide bonds. The Labute approximate surface area is 99.8 Å². The molecular weight excluding hydrogens is 230 g/mol. The Morgan fingerprint density at radius 1 is 1.62 bits per heavy atom. The highest BCUT2D eigenvalue weighted by Crippen LogP contribution is 2.14. The zero-order valence-electron chi connectivity index (χ0n) is 9.44. The van der Waals surface area contributed by atoms with E-state index in [4.69, 9.17) is 21.4 Å². The maximum absolute atomic E-state index is 10.9. The maximum atomic E-state index is 10.9. The smallest absolute Gasteiger partial charge is 0.352 e. The van der Waals surface area contributed by atoms with E-state index in [1.54, 1.807) is 10.8 Å². The molecular formula is C11H16ClNO3. The lowest BCUT2D eigenvalue weighted by Gasteiger charge is -2.08. The molecule has 0 aliphatic carbocycles. The van der Waals surface area contributed by atoms with Gasteiger partial charge in [0.1, 0.15) is 5.69 Å². The first-order valence-corrected chi connectivity index (χ1v) is 5.55. The van der Waals surface area contributed by atoms with Gasteiger partial charge in [-0.15, -0.1) is 0 Å². The summed E-state index contributed by atoms with van der Waals surface area (Å²) in [6, 6.07) is 1.44. The second-order valence-electron chi connectivity index (χ2n) is 4.01. The lowest BCUT2D eigenvalue weighted by molar-refractivity contribution is 0.0677. The average Bonchev–Trinajstić information content (AvgIpc) is 2.54. The van der Waals surface area contributed by atoms with E-state index in [2.05, 4.69) is 13.8 Å². The molecule has 0 atom stereocenters. The van der Waals surface area contributed by atoms with Crippen molar-refractivity contribution in [3.05, 3.63) is 23.0 Å². The second-order valence-corrected chi connectivity index (χ2v) is 4.45. The summed E-state index contributed by atoms with van der Waals surface area (Å²) in [6.45, 7) is 5.80. The number of halogens is 1. The van der Waals surface area contributed by atoms with E-state index in [-0.39, 0.29) is 5.69 Å². The van der Waals surface area contributed by atoms with E-state index < -0.39 is 5.97 Å². The zero-order chi connectivity index (χ0) is 12.1. The molecule has 0 fully saturated rings. The summed E-state index contributed by atoms with van der Waals surface area (Å²) in [4.78, 5) is 10.9. The van der Waals surface area contributed by atoms with Gasteiger partial charge >= 0.3 is 5.97 Å². The Morgan fingerprint density at radius 2 is 2.31 bits per heavy atom. The molecule has 90 valence electrons. The molecule has 0 saturated heterocycles. The van der Waals surface area contributed by atoms with Crippen molar-refractivity contribution in [1.29, 1.82) is 0 Å². The van der Waals surface area contributed by atoms with E-state index in [1.165, 1.54) is 6.07 Å². The van der Waals surface area contributed by atoms with Crippen molar-refractivity contribution in [1.82, 2.24) is 4.57 Å². The fourth-order valence-electron chi connectivity index (χ4n) is 1.32. The Kier molecular flexibility index (Phi) is 4.83. The van der Waals surface area contributed by atoms with E-state index in [9.17, 15) is 4.79 Å². The molecule has 1 aromatic rings. The molecule has 0 aromatic carbocycles. The largest absolute Gasteiger partial charge is 0.477 e. The molecule has 16 heavy (non-hydrogen) atoms. The van der Waals surface area contributed by atoms with Gasteiger partial charge in [-0.3, -0.25) is 0 Å². The van der Waals surface area contributed by atoms with E-state index >= 15 is 0 Å². The first kappa shape index (κ1) is 13.1. The standard InChI is InChI=1S/C11H16ClNO3/c1-8(2)7-16-4-3-13-6-9(12)5-10(13)11(14)15/h5-6,8H,3-4,7H2,1-2H3,(H,14,15). The number of hydrogen-bond acceptors (Lipinski definition) is 2. The number of aromatic nitrogens is 1. The van der Waals surface area contributed by atoms with E-state index in [0.717, 1.165) is 0 Å². The molecule has 1 aromatic heterocycles. The number of ether oxygens (including phenoxy) is 1. The SMILES string of the molecule is CC(C)COCCn1cc(Cl)cc1C(=O)O. The fourth-order valence-corrected chi connectivity index (χ4v) is 1.54. The van der Waals surface area contributed by atoms with Gasteiger partial charge < -0.3 is 14.4 Å². The van der Waals surface area contributed by atoms with Crippen LogP contribution in [0.1, 0.15) is 24.3 Å². The molecule has 0 unspecified atom stereocenters. The molecule has 1 rings (SSSR count). The van der Waals surface area contributed by atoms with Crippen LogP contribution >= 0.6 is 11.6 Å². The Morgan fingerprint density at radius 3 is 2.88 bits per heavy atom. The van der Waals surface area contributed by atoms with Crippen LogP contribution in [0.4, 0.5) is 0 Å². The van der Waals surface area contributed by atoms with Crippen molar-refractivity contribution >= 4 is 17.6 Å². The highest BCUT2D eigenvalue weighted by molar-refractivity contribution is 6.30. The first-order valence-electron chi connectivity index (χ1n) is 5.17. The number of aromatic carboxylic acids is 1. The lowest BCUT2D eigenvalue weighted by atomic mass is 10.2. The molecule has 0 bridgehead atoms. The molecule has 0 spiro atoms. The summed E-state index contributed by atoms with van der Waals surface area (Å²) in [6.07, 6.45) is 1.60. The second kappa shape index (κ2) is 5.92. The molecule has 5 heteroatoms. The number of carboxylic acid groups (broad SMARTS) is 1. The van der Waals surface area contributed by atoms with Crippen LogP contribution in [0.2, 0.25) is 5.02 Å². The Bertz CT molecular complexity index is 360. The number of carbonyl (C=O) groups is 1. The lowest BCUT2D eigenvalue weighted by Crippen LogP contribution is -2.13. The van der Waals surface area contributed by atoms with Gasteiger partial charge in [-0.25, -0.2) is 4.79 Å². The van der Waals surface area contributed by atoms with Crippen LogP contribution in [0.3, 0.4) is 0 Å². The van der Waals surface area contributed by atoms with Crippen LogP contribution in [0, 0.1) is 5.92 Å². The third-order valence-electron chi connectivity index (χ3n) is 2.01. The fraction of sp³-hybridized carbons (Fsp3) is 0.545. The molecule has 0 aliphatic heterocycles. The monoisotopic (exact) mass is 245 g/mol. The van der Waals surface area contributed by atoms with Gasteiger partial charge in [0.25, 0.3) is 0 Å². The maximum Gasteiger partial charge on any atom is 0.352 e. The summed E-state index contributed by atoms with van der Waals surface area (Å²) in [7, 11) is 0. The van der Waals surface area contributed by atoms with Crippen molar-refractivity contribution in [2.24, 2.45) is 5.92 Å². The van der Waals surface area contributed by atoms with Crippen LogP contribution in [0.5, 0.6) is 0 Å². The minimum atomic E-state index is -0.976. The predicted molar refractivity (Wildman–Crippen MR) is 62.1 cm³/mol. The Balaban J connectivity index is 2.50. The topological polar surface area (TPSA) is 51.5 Å². The number of hydrogen-bond donors (Lipinski definition) is 1. The van der Waals surface area contributed by atoms with Crippen molar-refractivity contribution in [3.63, 3.8) is 0 Å². The van der Waals surface area contributed by atoms with Crippen molar-refractivity contribution < 1.29 is 14.6 Å². The summed E-state index contributed by atoms with van der Waals surface area (Å²) in [5, 5.41) is 9.34. The quantitative estimate of drug-likeness (QED) is 0.784. The summed E-state index contributed by atoms with van der Waals surface area (Å²) >= 11 is 5.75. The highest BCUT2D eigenvalue weighted by atomic mass is 35.5. The highest BCUT2D eigenvalue weighted by Gasteiger charge is 2.11. The first-order chi connectivity index (χ1) is 7.50. The van der Waals surface area contributed by atoms with Gasteiger partial charge in [-0.1, -0.05) is 25.4 Å². The van der Waals surface area contributed by atoms with Crippen LogP contribution in [0.25, 0.3) is 0 Å². The molecule has 4 nitrogen and oxygen atoms in total. The van der Waals surface area contributed by atoms with Crippen molar-refractivity contribution in [2.45, 2.75) is 20.4 Å². The number of carboxylic acids is 1. The number of rotatable bonds is 6. The molecule has 0 saturated carbocycles. The van der Waals surface area contributed by atoms with Crippen LogP contribution in [0.15, 0.2) is 12.3 Å². The van der Waals surface area contributed by atoms with Gasteiger partial charge in [0.05, 0.1) is 11.6 Å². The summed E-state index contributed by atoms with van der Waals surface area (Å²) in [5.41, 5.74) is 0.193. The predicted octanol–water partition coefficient (Wildman–Crippen LogP) is 2.51. The zero-order valence-corrected chi connectivity index (χ0v) is 10.2. The minimum absolute atomic E-state index is 0.193. The van der Waals surface area contributed by atoms with Crippen molar-refractivity contribution in [3.8, 4) is 0 Å².